The number of hydrogen-bond acceptors (Lipinski definition) is 5. The summed E-state index contributed by atoms with van der Waals surface area (Å²) in [5.74, 6) is 0.705. The molecule has 6 rings (SSSR count). The third-order valence-corrected chi connectivity index (χ3v) is 7.68. The summed E-state index contributed by atoms with van der Waals surface area (Å²) in [5.41, 5.74) is 5.39. The van der Waals surface area contributed by atoms with E-state index in [1.54, 1.807) is 4.90 Å². The molecule has 3 N–H and O–H groups in total. The topological polar surface area (TPSA) is 86.4 Å². The Morgan fingerprint density at radius 3 is 2.08 bits per heavy atom. The minimum absolute atomic E-state index is 0.0374. The average Bonchev–Trinajstić information content (AvgIpc) is 3.77. The van der Waals surface area contributed by atoms with Gasteiger partial charge in [0, 0.05) is 32.0 Å². The molecule has 2 amide bonds. The van der Waals surface area contributed by atoms with Gasteiger partial charge in [-0.3, -0.25) is 14.6 Å². The summed E-state index contributed by atoms with van der Waals surface area (Å²) in [7, 11) is 0. The molecular weight excluding hydrogens is 486 g/mol. The number of amides is 2. The zero-order valence-electron chi connectivity index (χ0n) is 24.1. The van der Waals surface area contributed by atoms with Gasteiger partial charge in [0.05, 0.1) is 6.04 Å². The fourth-order valence-corrected chi connectivity index (χ4v) is 5.24. The van der Waals surface area contributed by atoms with Gasteiger partial charge in [-0.1, -0.05) is 41.8 Å². The third-order valence-electron chi connectivity index (χ3n) is 7.68. The van der Waals surface area contributed by atoms with E-state index in [0.717, 1.165) is 58.3 Å². The van der Waals surface area contributed by atoms with Gasteiger partial charge >= 0.3 is 0 Å². The number of likely N-dealkylation sites (tertiary alicyclic amines) is 1. The number of carbonyl (C=O) groups excluding carboxylic acids is 2. The lowest BCUT2D eigenvalue weighted by atomic mass is 10.1. The zero-order chi connectivity index (χ0) is 27.7. The van der Waals surface area contributed by atoms with Crippen LogP contribution in [0.15, 0.2) is 42.7 Å². The van der Waals surface area contributed by atoms with Crippen molar-refractivity contribution in [3.63, 3.8) is 0 Å². The van der Waals surface area contributed by atoms with Gasteiger partial charge in [-0.25, -0.2) is 0 Å². The average molecular weight is 536 g/mol. The van der Waals surface area contributed by atoms with Gasteiger partial charge < -0.3 is 20.9 Å². The molecule has 1 aromatic carbocycles. The van der Waals surface area contributed by atoms with Gasteiger partial charge in [0.25, 0.3) is 0 Å². The number of rotatable bonds is 4. The van der Waals surface area contributed by atoms with E-state index in [1.807, 2.05) is 12.4 Å². The van der Waals surface area contributed by atoms with Gasteiger partial charge in [-0.15, -0.1) is 0 Å². The van der Waals surface area contributed by atoms with Crippen LogP contribution in [0.2, 0.25) is 0 Å². The first kappa shape index (κ1) is 30.8. The Balaban J connectivity index is 0.000000165. The lowest BCUT2D eigenvalue weighted by Gasteiger charge is -2.14. The molecule has 7 heteroatoms. The second-order valence-electron chi connectivity index (χ2n) is 11.1. The van der Waals surface area contributed by atoms with Gasteiger partial charge in [0.1, 0.15) is 0 Å². The SMILES string of the molecule is C1CCNCC1.Cc1ccc(C)cc1.O=C(NCC1Cc2ccncc2C1)C1CCCN1.O=CN1CCCC1. The zero-order valence-corrected chi connectivity index (χ0v) is 24.1. The van der Waals surface area contributed by atoms with E-state index in [9.17, 15) is 9.59 Å². The first-order chi connectivity index (χ1) is 19.0. The molecule has 0 radical (unpaired) electrons. The molecule has 4 heterocycles. The molecule has 7 nitrogen and oxygen atoms in total. The molecule has 4 aliphatic rings. The van der Waals surface area contributed by atoms with Crippen LogP contribution in [0.4, 0.5) is 0 Å². The Kier molecular flexibility index (Phi) is 14.0. The van der Waals surface area contributed by atoms with Crippen molar-refractivity contribution in [1.82, 2.24) is 25.8 Å². The van der Waals surface area contributed by atoms with Crippen LogP contribution in [-0.2, 0) is 22.4 Å². The van der Waals surface area contributed by atoms with E-state index in [-0.39, 0.29) is 11.9 Å². The summed E-state index contributed by atoms with van der Waals surface area (Å²) >= 11 is 0. The summed E-state index contributed by atoms with van der Waals surface area (Å²) in [6.07, 6.45) is 15.5. The van der Waals surface area contributed by atoms with Gasteiger partial charge in [0.2, 0.25) is 12.3 Å². The Bertz CT molecular complexity index is 907. The van der Waals surface area contributed by atoms with Gasteiger partial charge in [-0.2, -0.15) is 0 Å². The van der Waals surface area contributed by atoms with Crippen molar-refractivity contribution in [2.45, 2.75) is 77.7 Å². The highest BCUT2D eigenvalue weighted by Crippen LogP contribution is 2.25. The lowest BCUT2D eigenvalue weighted by Crippen LogP contribution is -2.42. The van der Waals surface area contributed by atoms with Crippen LogP contribution in [0.25, 0.3) is 0 Å². The largest absolute Gasteiger partial charge is 0.354 e. The number of nitrogens with zero attached hydrogens (tertiary/aromatic N) is 2. The van der Waals surface area contributed by atoms with E-state index in [0.29, 0.717) is 5.92 Å². The summed E-state index contributed by atoms with van der Waals surface area (Å²) in [5, 5.41) is 9.59. The Labute approximate surface area is 235 Å². The quantitative estimate of drug-likeness (QED) is 0.516. The van der Waals surface area contributed by atoms with Crippen LogP contribution in [0, 0.1) is 19.8 Å². The summed E-state index contributed by atoms with van der Waals surface area (Å²) in [6, 6.07) is 10.6. The number of aryl methyl sites for hydroxylation is 2. The third kappa shape index (κ3) is 11.9. The maximum Gasteiger partial charge on any atom is 0.237 e. The van der Waals surface area contributed by atoms with Crippen LogP contribution in [0.3, 0.4) is 0 Å². The highest BCUT2D eigenvalue weighted by atomic mass is 16.2. The maximum atomic E-state index is 11.9. The fourth-order valence-electron chi connectivity index (χ4n) is 5.24. The van der Waals surface area contributed by atoms with Crippen molar-refractivity contribution >= 4 is 12.3 Å². The van der Waals surface area contributed by atoms with E-state index >= 15 is 0 Å². The first-order valence-corrected chi connectivity index (χ1v) is 14.9. The number of nitrogens with one attached hydrogen (secondary N) is 3. The first-order valence-electron chi connectivity index (χ1n) is 14.9. The van der Waals surface area contributed by atoms with Crippen LogP contribution < -0.4 is 16.0 Å². The fraction of sp³-hybridized carbons (Fsp3) is 0.594. The Morgan fingerprint density at radius 2 is 1.59 bits per heavy atom. The highest BCUT2D eigenvalue weighted by molar-refractivity contribution is 5.82. The van der Waals surface area contributed by atoms with Crippen molar-refractivity contribution in [2.24, 2.45) is 5.92 Å². The monoisotopic (exact) mass is 535 g/mol. The van der Waals surface area contributed by atoms with Crippen LogP contribution >= 0.6 is 0 Å². The predicted octanol–water partition coefficient (Wildman–Crippen LogP) is 3.97. The molecule has 1 aromatic heterocycles. The summed E-state index contributed by atoms with van der Waals surface area (Å²) in [6.45, 7) is 10.4. The van der Waals surface area contributed by atoms with Crippen LogP contribution in [-0.4, -0.2) is 67.5 Å². The number of pyridine rings is 1. The van der Waals surface area contributed by atoms with Crippen molar-refractivity contribution in [3.8, 4) is 0 Å². The van der Waals surface area contributed by atoms with E-state index in [1.165, 1.54) is 67.4 Å². The standard InChI is InChI=1S/C14H19N3O.C8H10.C5H9NO.C5H11N/c18-14(13-2-1-4-16-13)17-8-10-6-11-3-5-15-9-12(11)7-10;1-7-3-5-8(2)6-4-7;7-5-6-3-1-2-4-6;1-2-4-6-5-3-1/h3,5,9-10,13,16H,1-2,4,6-8H2,(H,17,18);3-6H,1-2H3;5H,1-4H2;6H,1-5H2. The smallest absolute Gasteiger partial charge is 0.237 e. The van der Waals surface area contributed by atoms with E-state index in [4.69, 9.17) is 0 Å². The molecule has 3 fully saturated rings. The molecule has 214 valence electrons. The summed E-state index contributed by atoms with van der Waals surface area (Å²) in [4.78, 5) is 27.8. The number of carbonyl (C=O) groups is 2. The Hall–Kier alpha value is -2.77. The van der Waals surface area contributed by atoms with Crippen molar-refractivity contribution in [1.29, 1.82) is 0 Å². The normalized spacial score (nSPS) is 21.2. The number of aromatic nitrogens is 1. The molecule has 2 aromatic rings. The van der Waals surface area contributed by atoms with E-state index < -0.39 is 0 Å². The minimum atomic E-state index is 0.0374. The molecular formula is C32H49N5O2. The number of hydrogen-bond donors (Lipinski definition) is 3. The van der Waals surface area contributed by atoms with Gasteiger partial charge in [0.15, 0.2) is 0 Å². The molecule has 39 heavy (non-hydrogen) atoms. The minimum Gasteiger partial charge on any atom is -0.354 e. The van der Waals surface area contributed by atoms with Crippen molar-refractivity contribution in [3.05, 3.63) is 65.0 Å². The molecule has 0 bridgehead atoms. The molecule has 2 unspecified atom stereocenters. The Morgan fingerprint density at radius 1 is 0.923 bits per heavy atom. The molecule has 0 saturated carbocycles. The van der Waals surface area contributed by atoms with Crippen LogP contribution in [0.1, 0.15) is 67.2 Å². The second-order valence-corrected chi connectivity index (χ2v) is 11.1. The second kappa shape index (κ2) is 17.7. The lowest BCUT2D eigenvalue weighted by molar-refractivity contribution is -0.123. The van der Waals surface area contributed by atoms with Crippen molar-refractivity contribution in [2.75, 3.05) is 39.3 Å². The highest BCUT2D eigenvalue weighted by Gasteiger charge is 2.25. The number of piperidine rings is 1. The van der Waals surface area contributed by atoms with Crippen molar-refractivity contribution < 1.29 is 9.59 Å². The van der Waals surface area contributed by atoms with E-state index in [2.05, 4.69) is 65.1 Å². The molecule has 3 aliphatic heterocycles. The molecule has 2 atom stereocenters. The molecule has 3 saturated heterocycles. The number of benzene rings is 1. The van der Waals surface area contributed by atoms with Gasteiger partial charge in [-0.05, 0) is 108 Å². The molecule has 0 spiro atoms. The maximum absolute atomic E-state index is 11.9. The molecule has 1 aliphatic carbocycles. The summed E-state index contributed by atoms with van der Waals surface area (Å²) < 4.78 is 0. The van der Waals surface area contributed by atoms with Crippen LogP contribution in [0.5, 0.6) is 0 Å². The predicted molar refractivity (Wildman–Crippen MR) is 159 cm³/mol. The number of fused-ring (bicyclic) bond motifs is 1.